The number of rotatable bonds is 5. The van der Waals surface area contributed by atoms with Crippen LogP contribution in [0.15, 0.2) is 24.3 Å². The zero-order chi connectivity index (χ0) is 14.9. The van der Waals surface area contributed by atoms with Crippen LogP contribution < -0.4 is 5.32 Å². The number of piperidine rings is 1. The molecule has 1 saturated heterocycles. The van der Waals surface area contributed by atoms with Gasteiger partial charge in [0.05, 0.1) is 0 Å². The van der Waals surface area contributed by atoms with Crippen molar-refractivity contribution < 1.29 is 0 Å². The van der Waals surface area contributed by atoms with E-state index in [-0.39, 0.29) is 0 Å². The Morgan fingerprint density at radius 2 is 1.73 bits per heavy atom. The van der Waals surface area contributed by atoms with Gasteiger partial charge in [0.15, 0.2) is 0 Å². The fraction of sp³-hybridized carbons (Fsp3) is 0.700. The molecule has 0 radical (unpaired) electrons. The van der Waals surface area contributed by atoms with Gasteiger partial charge in [-0.3, -0.25) is 4.90 Å². The Balaban J connectivity index is 1.36. The van der Waals surface area contributed by atoms with Crippen molar-refractivity contribution in [3.05, 3.63) is 35.4 Å². The van der Waals surface area contributed by atoms with Crippen LogP contribution in [0.4, 0.5) is 0 Å². The fourth-order valence-corrected chi connectivity index (χ4v) is 4.52. The molecule has 1 aliphatic heterocycles. The lowest BCUT2D eigenvalue weighted by Crippen LogP contribution is -2.48. The van der Waals surface area contributed by atoms with Gasteiger partial charge >= 0.3 is 0 Å². The average Bonchev–Trinajstić information content (AvgIpc) is 3.32. The molecule has 2 saturated carbocycles. The predicted octanol–water partition coefficient (Wildman–Crippen LogP) is 3.71. The topological polar surface area (TPSA) is 15.3 Å². The molecule has 2 nitrogen and oxygen atoms in total. The van der Waals surface area contributed by atoms with Crippen LogP contribution in [0.3, 0.4) is 0 Å². The maximum atomic E-state index is 3.51. The second kappa shape index (κ2) is 6.33. The highest BCUT2D eigenvalue weighted by molar-refractivity contribution is 5.31. The van der Waals surface area contributed by atoms with Crippen LogP contribution in [-0.2, 0) is 0 Å². The molecule has 2 aliphatic carbocycles. The Labute approximate surface area is 135 Å². The third kappa shape index (κ3) is 3.09. The second-order valence-corrected chi connectivity index (χ2v) is 7.80. The molecule has 0 bridgehead atoms. The molecule has 2 heteroatoms. The Hall–Kier alpha value is -0.860. The molecule has 0 amide bonds. The molecule has 0 aromatic heterocycles. The van der Waals surface area contributed by atoms with E-state index in [1.54, 1.807) is 5.56 Å². The summed E-state index contributed by atoms with van der Waals surface area (Å²) in [6.45, 7) is 6.12. The summed E-state index contributed by atoms with van der Waals surface area (Å²) in [6, 6.07) is 10.8. The zero-order valence-electron chi connectivity index (χ0n) is 13.9. The van der Waals surface area contributed by atoms with Crippen molar-refractivity contribution in [3.8, 4) is 0 Å². The van der Waals surface area contributed by atoms with E-state index >= 15 is 0 Å². The minimum absolute atomic E-state index is 0.820. The maximum absolute atomic E-state index is 3.51. The minimum atomic E-state index is 0.820. The van der Waals surface area contributed by atoms with Crippen molar-refractivity contribution in [1.82, 2.24) is 10.2 Å². The van der Waals surface area contributed by atoms with Crippen molar-refractivity contribution in [3.63, 3.8) is 0 Å². The SMILES string of the molecule is Cc1ccccc1C1CC(N(CC2CCNCC2)C2CC2)C1. The quantitative estimate of drug-likeness (QED) is 0.891. The highest BCUT2D eigenvalue weighted by atomic mass is 15.2. The minimum Gasteiger partial charge on any atom is -0.317 e. The van der Waals surface area contributed by atoms with Crippen molar-refractivity contribution >= 4 is 0 Å². The lowest BCUT2D eigenvalue weighted by molar-refractivity contribution is 0.0766. The Bertz CT molecular complexity index is 496. The maximum Gasteiger partial charge on any atom is 0.0110 e. The summed E-state index contributed by atoms with van der Waals surface area (Å²) in [5.74, 6) is 1.76. The summed E-state index contributed by atoms with van der Waals surface area (Å²) >= 11 is 0. The zero-order valence-corrected chi connectivity index (χ0v) is 13.9. The second-order valence-electron chi connectivity index (χ2n) is 7.80. The number of hydrogen-bond donors (Lipinski definition) is 1. The summed E-state index contributed by atoms with van der Waals surface area (Å²) < 4.78 is 0. The van der Waals surface area contributed by atoms with E-state index in [0.717, 1.165) is 23.9 Å². The fourth-order valence-electron chi connectivity index (χ4n) is 4.52. The first-order valence-corrected chi connectivity index (χ1v) is 9.33. The molecule has 0 atom stereocenters. The Morgan fingerprint density at radius 3 is 2.41 bits per heavy atom. The van der Waals surface area contributed by atoms with Gasteiger partial charge in [-0.05, 0) is 81.5 Å². The highest BCUT2D eigenvalue weighted by Gasteiger charge is 2.41. The van der Waals surface area contributed by atoms with Crippen molar-refractivity contribution in [2.24, 2.45) is 5.92 Å². The molecular weight excluding hydrogens is 268 g/mol. The van der Waals surface area contributed by atoms with Crippen LogP contribution in [0.1, 0.15) is 55.6 Å². The molecule has 0 unspecified atom stereocenters. The number of nitrogens with one attached hydrogen (secondary N) is 1. The number of hydrogen-bond acceptors (Lipinski definition) is 2. The van der Waals surface area contributed by atoms with Gasteiger partial charge in [-0.2, -0.15) is 0 Å². The van der Waals surface area contributed by atoms with Crippen LogP contribution in [0.5, 0.6) is 0 Å². The van der Waals surface area contributed by atoms with Crippen LogP contribution in [0.25, 0.3) is 0 Å². The van der Waals surface area contributed by atoms with Gasteiger partial charge in [-0.15, -0.1) is 0 Å². The molecule has 1 aromatic rings. The Morgan fingerprint density at radius 1 is 1.00 bits per heavy atom. The average molecular weight is 298 g/mol. The van der Waals surface area contributed by atoms with E-state index in [9.17, 15) is 0 Å². The van der Waals surface area contributed by atoms with Crippen LogP contribution in [0.2, 0.25) is 0 Å². The summed E-state index contributed by atoms with van der Waals surface area (Å²) in [4.78, 5) is 2.91. The molecule has 120 valence electrons. The molecule has 1 N–H and O–H groups in total. The molecule has 3 aliphatic rings. The van der Waals surface area contributed by atoms with E-state index in [0.29, 0.717) is 0 Å². The molecular formula is C20H30N2. The predicted molar refractivity (Wildman–Crippen MR) is 92.3 cm³/mol. The summed E-state index contributed by atoms with van der Waals surface area (Å²) in [6.07, 6.45) is 8.47. The van der Waals surface area contributed by atoms with Crippen molar-refractivity contribution in [2.75, 3.05) is 19.6 Å². The number of nitrogens with zero attached hydrogens (tertiary/aromatic N) is 1. The molecule has 0 spiro atoms. The lowest BCUT2D eigenvalue weighted by Gasteiger charge is -2.45. The van der Waals surface area contributed by atoms with Crippen molar-refractivity contribution in [1.29, 1.82) is 0 Å². The molecule has 1 heterocycles. The van der Waals surface area contributed by atoms with Gasteiger partial charge in [0.2, 0.25) is 0 Å². The first-order chi connectivity index (χ1) is 10.8. The van der Waals surface area contributed by atoms with Gasteiger partial charge in [-0.25, -0.2) is 0 Å². The van der Waals surface area contributed by atoms with Crippen LogP contribution >= 0.6 is 0 Å². The normalized spacial score (nSPS) is 29.5. The summed E-state index contributed by atoms with van der Waals surface area (Å²) in [5.41, 5.74) is 3.10. The number of aryl methyl sites for hydroxylation is 1. The third-order valence-corrected chi connectivity index (χ3v) is 6.15. The van der Waals surface area contributed by atoms with Gasteiger partial charge in [0, 0.05) is 18.6 Å². The lowest BCUT2D eigenvalue weighted by atomic mass is 9.73. The summed E-state index contributed by atoms with van der Waals surface area (Å²) in [5, 5.41) is 3.51. The smallest absolute Gasteiger partial charge is 0.0110 e. The van der Waals surface area contributed by atoms with Gasteiger partial charge < -0.3 is 5.32 Å². The molecule has 22 heavy (non-hydrogen) atoms. The van der Waals surface area contributed by atoms with Gasteiger partial charge in [0.1, 0.15) is 0 Å². The van der Waals surface area contributed by atoms with Crippen molar-refractivity contribution in [2.45, 2.75) is 63.5 Å². The molecule has 4 rings (SSSR count). The van der Waals surface area contributed by atoms with E-state index in [1.165, 1.54) is 63.7 Å². The standard InChI is InChI=1S/C20H30N2/c1-15-4-2-3-5-20(15)17-12-19(13-17)22(18-6-7-18)14-16-8-10-21-11-9-16/h2-5,16-19,21H,6-14H2,1H3. The first kappa shape index (κ1) is 14.7. The van der Waals surface area contributed by atoms with Crippen LogP contribution in [-0.4, -0.2) is 36.6 Å². The van der Waals surface area contributed by atoms with E-state index in [4.69, 9.17) is 0 Å². The first-order valence-electron chi connectivity index (χ1n) is 9.33. The van der Waals surface area contributed by atoms with Crippen LogP contribution in [0, 0.1) is 12.8 Å². The third-order valence-electron chi connectivity index (χ3n) is 6.15. The number of benzene rings is 1. The van der Waals surface area contributed by atoms with Gasteiger partial charge in [0.25, 0.3) is 0 Å². The van der Waals surface area contributed by atoms with E-state index < -0.39 is 0 Å². The molecule has 1 aromatic carbocycles. The van der Waals surface area contributed by atoms with E-state index in [2.05, 4.69) is 41.4 Å². The molecule has 3 fully saturated rings. The highest BCUT2D eigenvalue weighted by Crippen LogP contribution is 2.44. The largest absolute Gasteiger partial charge is 0.317 e. The van der Waals surface area contributed by atoms with E-state index in [1.807, 2.05) is 0 Å². The van der Waals surface area contributed by atoms with Gasteiger partial charge in [-0.1, -0.05) is 24.3 Å². The monoisotopic (exact) mass is 298 g/mol. The summed E-state index contributed by atoms with van der Waals surface area (Å²) in [7, 11) is 0. The Kier molecular flexibility index (Phi) is 4.23.